The first kappa shape index (κ1) is 29.0. The number of aromatic nitrogens is 4. The minimum absolute atomic E-state index is 0.118. The summed E-state index contributed by atoms with van der Waals surface area (Å²) < 4.78 is 23.2. The summed E-state index contributed by atoms with van der Waals surface area (Å²) in [7, 11) is -3.69. The van der Waals surface area contributed by atoms with Crippen molar-refractivity contribution in [2.45, 2.75) is 54.5 Å². The van der Waals surface area contributed by atoms with Gasteiger partial charge in [-0.25, -0.2) is 4.98 Å². The third kappa shape index (κ3) is 12.4. The van der Waals surface area contributed by atoms with Crippen LogP contribution in [-0.2, 0) is 20.4 Å². The second-order valence-electron chi connectivity index (χ2n) is 7.24. The van der Waals surface area contributed by atoms with Crippen molar-refractivity contribution in [3.05, 3.63) is 19.0 Å². The molecule has 0 saturated carbocycles. The van der Waals surface area contributed by atoms with Gasteiger partial charge in [-0.15, -0.1) is 6.58 Å². The molecule has 0 aliphatic rings. The Hall–Kier alpha value is -2.00. The number of imidazole rings is 1. The Morgan fingerprint density at radius 2 is 1.94 bits per heavy atom. The van der Waals surface area contributed by atoms with Gasteiger partial charge in [0.25, 0.3) is 0 Å². The molecule has 11 heteroatoms. The van der Waals surface area contributed by atoms with E-state index in [9.17, 15) is 9.46 Å². The molecule has 1 unspecified atom stereocenters. The van der Waals surface area contributed by atoms with Gasteiger partial charge in [-0.2, -0.15) is 9.97 Å². The molecule has 0 saturated heterocycles. The Bertz CT molecular complexity index is 810. The van der Waals surface area contributed by atoms with E-state index in [4.69, 9.17) is 15.0 Å². The molecule has 2 aromatic rings. The van der Waals surface area contributed by atoms with Gasteiger partial charge in [0, 0.05) is 13.1 Å². The molecule has 0 spiro atoms. The number of nitrogens with two attached hydrogens (primary N) is 1. The highest BCUT2D eigenvalue weighted by Crippen LogP contribution is 2.41. The Morgan fingerprint density at radius 3 is 2.48 bits per heavy atom. The maximum absolute atomic E-state index is 11.5. The Morgan fingerprint density at radius 1 is 1.32 bits per heavy atom. The number of nitrogens with one attached hydrogen (secondary N) is 1. The molecule has 1 atom stereocenters. The van der Waals surface area contributed by atoms with Gasteiger partial charge < -0.3 is 29.8 Å². The second-order valence-corrected chi connectivity index (χ2v) is 9.03. The van der Waals surface area contributed by atoms with Crippen LogP contribution < -0.4 is 11.1 Å². The predicted molar refractivity (Wildman–Crippen MR) is 127 cm³/mol. The summed E-state index contributed by atoms with van der Waals surface area (Å²) in [5, 5.41) is 3.05. The average Bonchev–Trinajstić information content (AvgIpc) is 3.06. The van der Waals surface area contributed by atoms with Crippen molar-refractivity contribution in [1.82, 2.24) is 19.5 Å². The molecule has 2 heterocycles. The van der Waals surface area contributed by atoms with Crippen molar-refractivity contribution in [2.75, 3.05) is 37.2 Å². The number of fused-ring (bicyclic) bond motifs is 1. The van der Waals surface area contributed by atoms with Crippen LogP contribution in [0.15, 0.2) is 19.0 Å². The fraction of sp³-hybridized carbons (Fsp3) is 0.650. The van der Waals surface area contributed by atoms with Crippen LogP contribution in [-0.4, -0.2) is 50.5 Å². The van der Waals surface area contributed by atoms with Crippen molar-refractivity contribution in [3.8, 4) is 0 Å². The Labute approximate surface area is 185 Å². The van der Waals surface area contributed by atoms with E-state index in [1.54, 1.807) is 23.9 Å². The van der Waals surface area contributed by atoms with E-state index >= 15 is 0 Å². The van der Waals surface area contributed by atoms with E-state index in [1.165, 1.54) is 6.42 Å². The second kappa shape index (κ2) is 15.8. The molecule has 2 rings (SSSR count). The quantitative estimate of drug-likeness (QED) is 0.270. The summed E-state index contributed by atoms with van der Waals surface area (Å²) in [5.74, 6) is 1.47. The van der Waals surface area contributed by atoms with Crippen LogP contribution in [0.3, 0.4) is 0 Å². The van der Waals surface area contributed by atoms with E-state index in [2.05, 4.69) is 61.5 Å². The summed E-state index contributed by atoms with van der Waals surface area (Å²) in [6.45, 7) is 17.3. The van der Waals surface area contributed by atoms with E-state index < -0.39 is 7.60 Å². The highest BCUT2D eigenvalue weighted by molar-refractivity contribution is 7.52. The summed E-state index contributed by atoms with van der Waals surface area (Å²) >= 11 is 0. The molecule has 31 heavy (non-hydrogen) atoms. The lowest BCUT2D eigenvalue weighted by Crippen LogP contribution is -2.09. The van der Waals surface area contributed by atoms with E-state index in [1.807, 2.05) is 0 Å². The topological polar surface area (TPSA) is 137 Å². The van der Waals surface area contributed by atoms with Gasteiger partial charge >= 0.3 is 7.60 Å². The highest BCUT2D eigenvalue weighted by Gasteiger charge is 2.18. The van der Waals surface area contributed by atoms with Crippen LogP contribution in [0.1, 0.15) is 48.0 Å². The lowest BCUT2D eigenvalue weighted by atomic mass is 10.3. The van der Waals surface area contributed by atoms with E-state index in [-0.39, 0.29) is 25.5 Å². The summed E-state index contributed by atoms with van der Waals surface area (Å²) in [4.78, 5) is 22.0. The van der Waals surface area contributed by atoms with Gasteiger partial charge in [-0.3, -0.25) is 4.57 Å². The first-order valence-electron chi connectivity index (χ1n) is 10.5. The number of rotatable bonds is 10. The molecule has 0 bridgehead atoms. The van der Waals surface area contributed by atoms with Gasteiger partial charge in [0.15, 0.2) is 17.0 Å². The van der Waals surface area contributed by atoms with Crippen molar-refractivity contribution in [2.24, 2.45) is 5.92 Å². The third-order valence-electron chi connectivity index (χ3n) is 2.96. The largest absolute Gasteiger partial charge is 0.368 e. The molecule has 0 aliphatic heterocycles. The Kier molecular flexibility index (Phi) is 14.7. The minimum Gasteiger partial charge on any atom is -0.368 e. The van der Waals surface area contributed by atoms with Crippen molar-refractivity contribution in [1.29, 1.82) is 0 Å². The molecule has 0 aromatic carbocycles. The molecule has 178 valence electrons. The number of anilines is 2. The number of ether oxygens (including phenoxy) is 1. The first-order chi connectivity index (χ1) is 14.6. The van der Waals surface area contributed by atoms with Crippen molar-refractivity contribution >= 4 is 30.5 Å². The molecule has 0 aliphatic carbocycles. The Balaban J connectivity index is 0.00000113. The van der Waals surface area contributed by atoms with Crippen LogP contribution in [0.25, 0.3) is 11.2 Å². The zero-order valence-corrected chi connectivity index (χ0v) is 20.6. The molecular formula is C20H39N6O4P. The molecule has 0 amide bonds. The SMILES string of the molecule is C=CCNc1nc(N)nc2c1ncn2CCOCP(=O)(O)OCC.CC(C)C.CCC. The fourth-order valence-corrected chi connectivity index (χ4v) is 2.84. The fourth-order valence-electron chi connectivity index (χ4n) is 2.00. The maximum Gasteiger partial charge on any atom is 0.353 e. The zero-order chi connectivity index (χ0) is 23.9. The minimum atomic E-state index is -3.69. The lowest BCUT2D eigenvalue weighted by molar-refractivity contribution is 0.139. The first-order valence-corrected chi connectivity index (χ1v) is 12.2. The maximum atomic E-state index is 11.5. The normalized spacial score (nSPS) is 12.4. The number of nitrogen functional groups attached to an aromatic ring is 1. The lowest BCUT2D eigenvalue weighted by Gasteiger charge is -2.11. The smallest absolute Gasteiger partial charge is 0.353 e. The van der Waals surface area contributed by atoms with Crippen LogP contribution in [0.4, 0.5) is 11.8 Å². The highest BCUT2D eigenvalue weighted by atomic mass is 31.2. The van der Waals surface area contributed by atoms with Gasteiger partial charge in [0.2, 0.25) is 5.95 Å². The molecular weight excluding hydrogens is 419 g/mol. The summed E-state index contributed by atoms with van der Waals surface area (Å²) in [6.07, 6.45) is 4.17. The van der Waals surface area contributed by atoms with Crippen LogP contribution in [0, 0.1) is 5.92 Å². The van der Waals surface area contributed by atoms with Crippen molar-refractivity contribution in [3.63, 3.8) is 0 Å². The predicted octanol–water partition coefficient (Wildman–Crippen LogP) is 4.28. The molecule has 2 aromatic heterocycles. The zero-order valence-electron chi connectivity index (χ0n) is 19.7. The van der Waals surface area contributed by atoms with Crippen molar-refractivity contribution < 1.29 is 18.7 Å². The molecule has 0 radical (unpaired) electrons. The van der Waals surface area contributed by atoms with E-state index in [0.717, 1.165) is 5.92 Å². The van der Waals surface area contributed by atoms with Crippen LogP contribution in [0.5, 0.6) is 0 Å². The van der Waals surface area contributed by atoms with Crippen LogP contribution >= 0.6 is 7.60 Å². The van der Waals surface area contributed by atoms with Crippen LogP contribution in [0.2, 0.25) is 0 Å². The number of nitrogens with zero attached hydrogens (tertiary/aromatic N) is 4. The van der Waals surface area contributed by atoms with Gasteiger partial charge in [0.1, 0.15) is 6.35 Å². The number of hydrogen-bond acceptors (Lipinski definition) is 8. The summed E-state index contributed by atoms with van der Waals surface area (Å²) in [6, 6.07) is 0. The van der Waals surface area contributed by atoms with Gasteiger partial charge in [-0.1, -0.05) is 47.1 Å². The molecule has 10 nitrogen and oxygen atoms in total. The molecule has 4 N–H and O–H groups in total. The third-order valence-corrected chi connectivity index (χ3v) is 4.13. The number of hydrogen-bond donors (Lipinski definition) is 3. The summed E-state index contributed by atoms with van der Waals surface area (Å²) in [5.41, 5.74) is 6.85. The van der Waals surface area contributed by atoms with E-state index in [0.29, 0.717) is 30.1 Å². The standard InChI is InChI=1S/C13H21N6O4P.C4H10.C3H8/c1-3-5-15-11-10-12(18-13(14)17-11)19(8-16-10)6-7-22-9-24(20,21)23-4-2;1-4(2)3;1-3-2/h3,8H,1,4-7,9H2,2H3,(H,20,21)(H3,14,15,17,18);4H,1-3H3;3H2,1-2H3. The van der Waals surface area contributed by atoms with Gasteiger partial charge in [-0.05, 0) is 12.8 Å². The van der Waals surface area contributed by atoms with Gasteiger partial charge in [0.05, 0.1) is 19.5 Å². The monoisotopic (exact) mass is 458 g/mol. The average molecular weight is 459 g/mol. The molecule has 0 fully saturated rings.